The van der Waals surface area contributed by atoms with Gasteiger partial charge in [-0.2, -0.15) is 0 Å². The summed E-state index contributed by atoms with van der Waals surface area (Å²) in [5, 5.41) is 30.2. The average molecular weight is 1170 g/mol. The molecule has 1 aliphatic rings. The molecule has 5 heterocycles. The first-order valence-electron chi connectivity index (χ1n) is 25.9. The molecule has 9 atom stereocenters. The van der Waals surface area contributed by atoms with Gasteiger partial charge in [0.2, 0.25) is 47.3 Å². The number of benzene rings is 2. The normalized spacial score (nSPS) is 21.0. The molecule has 82 heavy (non-hydrogen) atoms. The number of fused-ring (bicyclic) bond motifs is 2. The number of H-pyrrole nitrogens is 2. The molecule has 18 N–H and O–H groups in total. The van der Waals surface area contributed by atoms with Gasteiger partial charge in [0, 0.05) is 60.3 Å². The van der Waals surface area contributed by atoms with Crippen molar-refractivity contribution in [2.45, 2.75) is 107 Å². The minimum Gasteiger partial charge on any atom is -0.391 e. The number of aromatic amines is 2. The number of nitrogens with zero attached hydrogens (tertiary/aromatic N) is 5. The van der Waals surface area contributed by atoms with Gasteiger partial charge in [-0.05, 0) is 49.9 Å². The lowest BCUT2D eigenvalue weighted by molar-refractivity contribution is -0.136. The van der Waals surface area contributed by atoms with Gasteiger partial charge in [0.1, 0.15) is 60.2 Å². The molecule has 31 heteroatoms. The Kier molecular flexibility index (Phi) is 21.3. The van der Waals surface area contributed by atoms with Crippen molar-refractivity contribution in [2.24, 2.45) is 17.2 Å². The Morgan fingerprint density at radius 3 is 2.18 bits per heavy atom. The van der Waals surface area contributed by atoms with Gasteiger partial charge in [0.15, 0.2) is 11.5 Å². The van der Waals surface area contributed by atoms with Crippen molar-refractivity contribution >= 4 is 96.7 Å². The van der Waals surface area contributed by atoms with E-state index in [0.29, 0.717) is 24.0 Å². The van der Waals surface area contributed by atoms with Crippen LogP contribution in [0.1, 0.15) is 37.3 Å². The lowest BCUT2D eigenvalue weighted by Crippen LogP contribution is -2.62. The molecule has 8 amide bonds. The number of amides is 8. The Morgan fingerprint density at radius 1 is 0.780 bits per heavy atom. The number of aliphatic hydroxyl groups is 1. The predicted octanol–water partition coefficient (Wildman–Crippen LogP) is -3.96. The first-order valence-corrected chi connectivity index (χ1v) is 28.4. The molecule has 1 unspecified atom stereocenters. The first kappa shape index (κ1) is 61.0. The molecule has 0 radical (unpaired) electrons. The van der Waals surface area contributed by atoms with E-state index < -0.39 is 119 Å². The number of aliphatic hydroxyl groups excluding tert-OH is 1. The number of aromatic nitrogens is 7. The second-order valence-electron chi connectivity index (χ2n) is 19.3. The number of carbonyl (C=O) groups excluding carboxylic acids is 8. The topological polar surface area (TPSA) is 459 Å². The summed E-state index contributed by atoms with van der Waals surface area (Å²) >= 11 is 0. The maximum Gasteiger partial charge on any atom is 0.328 e. The summed E-state index contributed by atoms with van der Waals surface area (Å²) in [6.45, 7) is 0.655. The number of hydrogen-bond donors (Lipinski definition) is 14. The van der Waals surface area contributed by atoms with E-state index in [0.717, 1.165) is 49.3 Å². The van der Waals surface area contributed by atoms with Gasteiger partial charge in [0.25, 0.3) is 5.56 Å². The third kappa shape index (κ3) is 16.3. The van der Waals surface area contributed by atoms with Gasteiger partial charge in [-0.1, -0.05) is 70.1 Å². The number of para-hydroxylation sites is 1. The molecule has 1 saturated heterocycles. The molecule has 4 aromatic heterocycles. The number of nitrogens with one attached hydrogen (secondary N) is 9. The summed E-state index contributed by atoms with van der Waals surface area (Å²) in [4.78, 5) is 156. The van der Waals surface area contributed by atoms with Crippen molar-refractivity contribution in [3.05, 3.63) is 118 Å². The van der Waals surface area contributed by atoms with E-state index in [4.69, 9.17) is 22.9 Å². The number of primary amides is 1. The first-order chi connectivity index (χ1) is 39.3. The minimum atomic E-state index is -1.79. The fourth-order valence-corrected chi connectivity index (χ4v) is 11.1. The quantitative estimate of drug-likeness (QED) is 0.0288. The number of nitrogen functional groups attached to an aromatic ring is 1. The van der Waals surface area contributed by atoms with Gasteiger partial charge in [-0.25, -0.2) is 19.7 Å². The molecular formula is C51H64N18O11S2. The average Bonchev–Trinajstić information content (AvgIpc) is 4.25. The lowest BCUT2D eigenvalue weighted by Gasteiger charge is -2.29. The fraction of sp³-hybridized carbons (Fsp3) is 0.392. The van der Waals surface area contributed by atoms with E-state index in [1.54, 1.807) is 42.6 Å². The van der Waals surface area contributed by atoms with Gasteiger partial charge in [0.05, 0.1) is 19.0 Å². The van der Waals surface area contributed by atoms with Crippen LogP contribution in [0.25, 0.3) is 22.1 Å². The van der Waals surface area contributed by atoms with E-state index in [1.165, 1.54) is 24.1 Å². The summed E-state index contributed by atoms with van der Waals surface area (Å²) < 4.78 is 2.37. The van der Waals surface area contributed by atoms with Crippen LogP contribution >= 0.6 is 21.6 Å². The summed E-state index contributed by atoms with van der Waals surface area (Å²) in [7, 11) is 1.83. The monoisotopic (exact) mass is 1170 g/mol. The van der Waals surface area contributed by atoms with Gasteiger partial charge in [-0.15, -0.1) is 0 Å². The summed E-state index contributed by atoms with van der Waals surface area (Å²) in [5.74, 6) is -8.16. The molecule has 0 saturated carbocycles. The second kappa shape index (κ2) is 28.7. The zero-order chi connectivity index (χ0) is 59.0. The Bertz CT molecular complexity index is 3390. The van der Waals surface area contributed by atoms with E-state index in [1.807, 2.05) is 23.2 Å². The number of nitrogens with two attached hydrogens (primary N) is 4. The van der Waals surface area contributed by atoms with Crippen LogP contribution in [0.4, 0.5) is 5.82 Å². The van der Waals surface area contributed by atoms with E-state index in [9.17, 15) is 53.1 Å². The van der Waals surface area contributed by atoms with Gasteiger partial charge in [-0.3, -0.25) is 52.7 Å². The third-order valence-corrected chi connectivity index (χ3v) is 15.6. The molecule has 6 aromatic rings. The Hall–Kier alpha value is -8.65. The summed E-state index contributed by atoms with van der Waals surface area (Å²) in [6, 6.07) is 4.77. The maximum atomic E-state index is 14.9. The SMILES string of the molecule is CC(O)[C@@H]1NC(=O)[C@H](CCCCN)NC(=O)[C@@H](Cc2c[nH]c3ccccc23)NC(=O)[C@H](Cc2ccccc2)NC(=O)[C@@H](NC(=O)[C@@H](N)Cn2cnc3c(N)ncnc32)CSSC[C@@H](C(=O)N[C@@H](Cn2ccc(=O)[nH]c2=O)C(N)=O)NC1=O. The lowest BCUT2D eigenvalue weighted by atomic mass is 10.0. The molecule has 0 aliphatic carbocycles. The maximum absolute atomic E-state index is 14.9. The van der Waals surface area contributed by atoms with E-state index in [2.05, 4.69) is 57.2 Å². The molecule has 436 valence electrons. The van der Waals surface area contributed by atoms with Crippen molar-refractivity contribution in [3.63, 3.8) is 0 Å². The molecular weight excluding hydrogens is 1100 g/mol. The van der Waals surface area contributed by atoms with Crippen LogP contribution in [0.2, 0.25) is 0 Å². The molecule has 1 aliphatic heterocycles. The van der Waals surface area contributed by atoms with Crippen molar-refractivity contribution in [3.8, 4) is 0 Å². The summed E-state index contributed by atoms with van der Waals surface area (Å²) in [5.41, 5.74) is 24.7. The number of hydrogen-bond acceptors (Lipinski definition) is 19. The number of anilines is 1. The molecule has 7 rings (SSSR count). The molecule has 0 spiro atoms. The number of unbranched alkanes of at least 4 members (excludes halogenated alkanes) is 1. The van der Waals surface area contributed by atoms with Crippen molar-refractivity contribution < 1.29 is 43.5 Å². The van der Waals surface area contributed by atoms with Gasteiger partial charge >= 0.3 is 5.69 Å². The van der Waals surface area contributed by atoms with Crippen LogP contribution in [0.3, 0.4) is 0 Å². The molecule has 29 nitrogen and oxygen atoms in total. The number of carbonyl (C=O) groups is 8. The van der Waals surface area contributed by atoms with Crippen molar-refractivity contribution in [1.82, 2.24) is 71.3 Å². The predicted molar refractivity (Wildman–Crippen MR) is 303 cm³/mol. The molecule has 2 aromatic carbocycles. The van der Waals surface area contributed by atoms with Crippen molar-refractivity contribution in [1.29, 1.82) is 0 Å². The van der Waals surface area contributed by atoms with E-state index in [-0.39, 0.29) is 60.8 Å². The summed E-state index contributed by atoms with van der Waals surface area (Å²) in [6.07, 6.45) is 4.09. The second-order valence-corrected chi connectivity index (χ2v) is 21.9. The van der Waals surface area contributed by atoms with Crippen LogP contribution in [0, 0.1) is 0 Å². The Labute approximate surface area is 474 Å². The highest BCUT2D eigenvalue weighted by molar-refractivity contribution is 8.76. The standard InChI is InChI=1S/C51H64N18O11S2/c1-26(70)39-50(79)65-37(49(78)63-35(42(55)72)21-68-16-14-38(71)66-51(68)80)23-82-81-22-36(64-44(73)30(53)20-69-25-59-40-41(54)57-24-58-43(40)69)48(77)61-33(17-27-9-3-2-4-10-27)46(75)62-34(18-28-19-56-31-12-6-5-11-29(28)31)47(76)60-32(45(74)67-39)13-7-8-15-52/h2-6,9-12,14,16,19,24-26,30,32-37,39,56,70H,7-8,13,15,17-18,20-23,52-53H2,1H3,(H2,55,72)(H,60,76)(H,61,77)(H,62,75)(H,63,78)(H,64,73)(H,65,79)(H,67,74)(H2,54,57,58)(H,66,71,80)/t26?,30-,32-,33-,34+,35-,36-,37-,39-/m0/s1. The highest BCUT2D eigenvalue weighted by atomic mass is 33.1. The minimum absolute atomic E-state index is 0.0339. The largest absolute Gasteiger partial charge is 0.391 e. The van der Waals surface area contributed by atoms with Crippen molar-refractivity contribution in [2.75, 3.05) is 23.8 Å². The van der Waals surface area contributed by atoms with Crippen LogP contribution in [0.15, 0.2) is 95.3 Å². The zero-order valence-electron chi connectivity index (χ0n) is 44.2. The van der Waals surface area contributed by atoms with Crippen LogP contribution < -0.4 is 71.4 Å². The highest BCUT2D eigenvalue weighted by Gasteiger charge is 2.37. The number of imidazole rings is 1. The molecule has 0 bridgehead atoms. The van der Waals surface area contributed by atoms with Crippen LogP contribution in [-0.4, -0.2) is 159 Å². The van der Waals surface area contributed by atoms with Gasteiger partial charge < -0.3 is 74.8 Å². The Morgan fingerprint density at radius 2 is 1.46 bits per heavy atom. The highest BCUT2D eigenvalue weighted by Crippen LogP contribution is 2.25. The van der Waals surface area contributed by atoms with Crippen LogP contribution in [0.5, 0.6) is 0 Å². The van der Waals surface area contributed by atoms with Crippen LogP contribution in [-0.2, 0) is 64.3 Å². The number of rotatable bonds is 18. The Balaban J connectivity index is 1.26. The zero-order valence-corrected chi connectivity index (χ0v) is 45.9. The fourth-order valence-electron chi connectivity index (χ4n) is 8.76. The third-order valence-electron chi connectivity index (χ3n) is 13.2. The molecule has 1 fully saturated rings. The van der Waals surface area contributed by atoms with E-state index >= 15 is 0 Å². The smallest absolute Gasteiger partial charge is 0.328 e.